The number of phenols is 1. The molecule has 0 aliphatic heterocycles. The molecule has 0 radical (unpaired) electrons. The summed E-state index contributed by atoms with van der Waals surface area (Å²) < 4.78 is 2.11. The van der Waals surface area contributed by atoms with Gasteiger partial charge in [-0.2, -0.15) is 10.1 Å². The van der Waals surface area contributed by atoms with Crippen LogP contribution in [-0.4, -0.2) is 31.1 Å². The number of anilines is 1. The van der Waals surface area contributed by atoms with Crippen LogP contribution in [0.25, 0.3) is 22.1 Å². The van der Waals surface area contributed by atoms with Gasteiger partial charge in [0.2, 0.25) is 0 Å². The zero-order chi connectivity index (χ0) is 17.2. The number of hydrogen-bond acceptors (Lipinski definition) is 6. The quantitative estimate of drug-likeness (QED) is 0.443. The van der Waals surface area contributed by atoms with E-state index in [0.717, 1.165) is 34.2 Å². The highest BCUT2D eigenvalue weighted by Gasteiger charge is 2.13. The second kappa shape index (κ2) is 6.20. The number of nitrogens with one attached hydrogen (secondary N) is 1. The Bertz CT molecular complexity index is 1070. The van der Waals surface area contributed by atoms with Crippen LogP contribution >= 0.6 is 0 Å². The van der Waals surface area contributed by atoms with Crippen molar-refractivity contribution in [2.45, 2.75) is 13.5 Å². The van der Waals surface area contributed by atoms with Crippen LogP contribution in [-0.2, 0) is 6.54 Å². The Labute approximate surface area is 143 Å². The molecule has 4 aromatic rings. The zero-order valence-electron chi connectivity index (χ0n) is 13.6. The molecule has 2 heterocycles. The fraction of sp³-hybridized carbons (Fsp3) is 0.111. The third-order valence-corrected chi connectivity index (χ3v) is 3.96. The molecular weight excluding hydrogens is 316 g/mol. The molecule has 0 spiro atoms. The average Bonchev–Trinajstić information content (AvgIpc) is 2.96. The predicted octanol–water partition coefficient (Wildman–Crippen LogP) is 3.15. The first-order chi connectivity index (χ1) is 12.3. The molecule has 7 nitrogen and oxygen atoms in total. The molecule has 0 atom stereocenters. The SMILES string of the molecule is CCn1c2ccccc2c2nnc(N/N=C/c3ccc(O)cc3)nc21. The lowest BCUT2D eigenvalue weighted by Gasteiger charge is -2.02. The Morgan fingerprint density at radius 1 is 1.12 bits per heavy atom. The molecule has 7 heteroatoms. The molecule has 0 unspecified atom stereocenters. The first kappa shape index (κ1) is 15.1. The Morgan fingerprint density at radius 3 is 2.72 bits per heavy atom. The molecule has 0 aliphatic carbocycles. The van der Waals surface area contributed by atoms with E-state index >= 15 is 0 Å². The maximum absolute atomic E-state index is 9.28. The number of aromatic nitrogens is 4. The van der Waals surface area contributed by atoms with Crippen LogP contribution in [0, 0.1) is 0 Å². The fourth-order valence-corrected chi connectivity index (χ4v) is 2.80. The maximum Gasteiger partial charge on any atom is 0.265 e. The Balaban J connectivity index is 1.67. The van der Waals surface area contributed by atoms with Gasteiger partial charge in [0, 0.05) is 11.9 Å². The first-order valence-corrected chi connectivity index (χ1v) is 7.96. The number of phenolic OH excluding ortho intramolecular Hbond substituents is 1. The highest BCUT2D eigenvalue weighted by atomic mass is 16.3. The van der Waals surface area contributed by atoms with Crippen molar-refractivity contribution in [1.82, 2.24) is 19.7 Å². The van der Waals surface area contributed by atoms with E-state index in [9.17, 15) is 5.11 Å². The van der Waals surface area contributed by atoms with Gasteiger partial charge in [0.05, 0.1) is 11.7 Å². The Hall–Kier alpha value is -3.48. The van der Waals surface area contributed by atoms with Crippen molar-refractivity contribution in [3.63, 3.8) is 0 Å². The monoisotopic (exact) mass is 332 g/mol. The third kappa shape index (κ3) is 2.76. The van der Waals surface area contributed by atoms with Crippen LogP contribution < -0.4 is 5.43 Å². The number of benzene rings is 2. The molecule has 0 saturated heterocycles. The average molecular weight is 332 g/mol. The molecule has 0 bridgehead atoms. The van der Waals surface area contributed by atoms with Gasteiger partial charge < -0.3 is 9.67 Å². The van der Waals surface area contributed by atoms with Crippen LogP contribution in [0.5, 0.6) is 5.75 Å². The van der Waals surface area contributed by atoms with Crippen molar-refractivity contribution >= 4 is 34.2 Å². The second-order valence-electron chi connectivity index (χ2n) is 5.53. The minimum absolute atomic E-state index is 0.218. The molecule has 25 heavy (non-hydrogen) atoms. The Morgan fingerprint density at radius 2 is 1.92 bits per heavy atom. The number of aryl methyl sites for hydroxylation is 1. The van der Waals surface area contributed by atoms with E-state index in [2.05, 4.69) is 43.3 Å². The molecule has 2 aromatic carbocycles. The van der Waals surface area contributed by atoms with Crippen molar-refractivity contribution in [3.05, 3.63) is 54.1 Å². The van der Waals surface area contributed by atoms with E-state index in [0.29, 0.717) is 5.95 Å². The normalized spacial score (nSPS) is 11.6. The van der Waals surface area contributed by atoms with Gasteiger partial charge in [0.1, 0.15) is 11.3 Å². The zero-order valence-corrected chi connectivity index (χ0v) is 13.6. The van der Waals surface area contributed by atoms with Crippen LogP contribution in [0.1, 0.15) is 12.5 Å². The molecule has 0 saturated carbocycles. The molecule has 2 aromatic heterocycles. The summed E-state index contributed by atoms with van der Waals surface area (Å²) in [6.07, 6.45) is 1.63. The summed E-state index contributed by atoms with van der Waals surface area (Å²) >= 11 is 0. The number of hydrogen-bond donors (Lipinski definition) is 2. The van der Waals surface area contributed by atoms with Gasteiger partial charge in [-0.15, -0.1) is 10.2 Å². The third-order valence-electron chi connectivity index (χ3n) is 3.96. The van der Waals surface area contributed by atoms with Crippen molar-refractivity contribution in [3.8, 4) is 5.75 Å². The number of aromatic hydroxyl groups is 1. The van der Waals surface area contributed by atoms with E-state index < -0.39 is 0 Å². The largest absolute Gasteiger partial charge is 0.508 e. The van der Waals surface area contributed by atoms with Crippen molar-refractivity contribution in [1.29, 1.82) is 0 Å². The molecule has 2 N–H and O–H groups in total. The minimum atomic E-state index is 0.218. The van der Waals surface area contributed by atoms with Crippen molar-refractivity contribution in [2.24, 2.45) is 5.10 Å². The van der Waals surface area contributed by atoms with Gasteiger partial charge in [-0.05, 0) is 42.8 Å². The van der Waals surface area contributed by atoms with Gasteiger partial charge in [-0.3, -0.25) is 0 Å². The van der Waals surface area contributed by atoms with Crippen LogP contribution in [0.3, 0.4) is 0 Å². The van der Waals surface area contributed by atoms with Gasteiger partial charge in [0.15, 0.2) is 5.65 Å². The summed E-state index contributed by atoms with van der Waals surface area (Å²) in [5.74, 6) is 0.551. The molecule has 0 aliphatic rings. The summed E-state index contributed by atoms with van der Waals surface area (Å²) in [4.78, 5) is 4.55. The molecular formula is C18H16N6O. The number of nitrogens with zero attached hydrogens (tertiary/aromatic N) is 5. The van der Waals surface area contributed by atoms with E-state index in [1.807, 2.05) is 18.2 Å². The summed E-state index contributed by atoms with van der Waals surface area (Å²) in [5, 5.41) is 22.9. The standard InChI is InChI=1S/C18H16N6O/c1-2-24-15-6-4-3-5-14(15)16-17(24)20-18(23-21-16)22-19-11-12-7-9-13(25)10-8-12/h3-11,25H,2H2,1H3,(H,20,22,23)/b19-11+. The van der Waals surface area contributed by atoms with Crippen LogP contribution in [0.4, 0.5) is 5.95 Å². The lowest BCUT2D eigenvalue weighted by molar-refractivity contribution is 0.475. The molecule has 0 fully saturated rings. The second-order valence-corrected chi connectivity index (χ2v) is 5.53. The van der Waals surface area contributed by atoms with Gasteiger partial charge in [-0.25, -0.2) is 5.43 Å². The van der Waals surface area contributed by atoms with Gasteiger partial charge in [0.25, 0.3) is 5.95 Å². The molecule has 4 rings (SSSR count). The number of para-hydroxylation sites is 1. The lowest BCUT2D eigenvalue weighted by atomic mass is 10.2. The predicted molar refractivity (Wildman–Crippen MR) is 97.8 cm³/mol. The highest BCUT2D eigenvalue weighted by Crippen LogP contribution is 2.25. The van der Waals surface area contributed by atoms with E-state index in [-0.39, 0.29) is 5.75 Å². The van der Waals surface area contributed by atoms with E-state index in [1.165, 1.54) is 0 Å². The Kier molecular flexibility index (Phi) is 3.74. The van der Waals surface area contributed by atoms with Crippen LogP contribution in [0.15, 0.2) is 53.6 Å². The summed E-state index contributed by atoms with van der Waals surface area (Å²) in [6.45, 7) is 2.86. The van der Waals surface area contributed by atoms with Crippen molar-refractivity contribution in [2.75, 3.05) is 5.43 Å². The lowest BCUT2D eigenvalue weighted by Crippen LogP contribution is -2.02. The van der Waals surface area contributed by atoms with Crippen molar-refractivity contribution < 1.29 is 5.11 Å². The minimum Gasteiger partial charge on any atom is -0.508 e. The van der Waals surface area contributed by atoms with E-state index in [1.54, 1.807) is 30.5 Å². The molecule has 0 amide bonds. The summed E-state index contributed by atoms with van der Waals surface area (Å²) in [6, 6.07) is 14.8. The number of fused-ring (bicyclic) bond motifs is 3. The number of rotatable bonds is 4. The van der Waals surface area contributed by atoms with E-state index in [4.69, 9.17) is 0 Å². The van der Waals surface area contributed by atoms with Crippen LogP contribution in [0.2, 0.25) is 0 Å². The maximum atomic E-state index is 9.28. The van der Waals surface area contributed by atoms with Gasteiger partial charge in [-0.1, -0.05) is 18.2 Å². The summed E-state index contributed by atoms with van der Waals surface area (Å²) in [5.41, 5.74) is 6.30. The topological polar surface area (TPSA) is 88.2 Å². The smallest absolute Gasteiger partial charge is 0.265 e. The molecule has 124 valence electrons. The highest BCUT2D eigenvalue weighted by molar-refractivity contribution is 6.04. The number of hydrazone groups is 1. The summed E-state index contributed by atoms with van der Waals surface area (Å²) in [7, 11) is 0. The fourth-order valence-electron chi connectivity index (χ4n) is 2.80. The van der Waals surface area contributed by atoms with Gasteiger partial charge >= 0.3 is 0 Å². The first-order valence-electron chi connectivity index (χ1n) is 7.96.